The average molecular weight is 431 g/mol. The van der Waals surface area contributed by atoms with Gasteiger partial charge in [-0.15, -0.1) is 0 Å². The van der Waals surface area contributed by atoms with E-state index in [1.165, 1.54) is 4.68 Å². The minimum Gasteiger partial charge on any atom is -0.497 e. The molecule has 164 valence electrons. The molecule has 1 saturated heterocycles. The normalized spacial score (nSPS) is 17.4. The summed E-state index contributed by atoms with van der Waals surface area (Å²) in [5.41, 5.74) is 1.85. The Morgan fingerprint density at radius 1 is 1.13 bits per heavy atom. The summed E-state index contributed by atoms with van der Waals surface area (Å²) in [6.45, 7) is 3.03. The molecule has 9 heteroatoms. The quantitative estimate of drug-likeness (QED) is 0.666. The molecule has 0 amide bonds. The first-order valence-corrected chi connectivity index (χ1v) is 10.5. The molecule has 1 aliphatic heterocycles. The van der Waals surface area contributed by atoms with Crippen molar-refractivity contribution < 1.29 is 17.9 Å². The summed E-state index contributed by atoms with van der Waals surface area (Å²) >= 11 is 0. The molecule has 3 aromatic rings. The number of fused-ring (bicyclic) bond motifs is 1. The number of halogens is 3. The zero-order chi connectivity index (χ0) is 21.6. The monoisotopic (exact) mass is 431 g/mol. The SMILES string of the molecule is COc1ccc(Cn2nc(C(F)(F)F)c3c(N4CCNCC4)c(C4CC4)cnc32)cc1. The van der Waals surface area contributed by atoms with Crippen molar-refractivity contribution in [2.45, 2.75) is 31.5 Å². The largest absolute Gasteiger partial charge is 0.497 e. The molecular weight excluding hydrogens is 407 g/mol. The minimum atomic E-state index is -4.56. The van der Waals surface area contributed by atoms with Crippen LogP contribution in [0.2, 0.25) is 0 Å². The number of benzene rings is 1. The highest BCUT2D eigenvalue weighted by molar-refractivity contribution is 5.95. The van der Waals surface area contributed by atoms with Crippen LogP contribution in [0.25, 0.3) is 11.0 Å². The number of nitrogens with one attached hydrogen (secondary N) is 1. The first-order chi connectivity index (χ1) is 15.0. The van der Waals surface area contributed by atoms with Crippen molar-refractivity contribution >= 4 is 16.7 Å². The second-order valence-corrected chi connectivity index (χ2v) is 8.12. The lowest BCUT2D eigenvalue weighted by Crippen LogP contribution is -2.44. The number of nitrogens with zero attached hydrogens (tertiary/aromatic N) is 4. The highest BCUT2D eigenvalue weighted by Gasteiger charge is 2.41. The van der Waals surface area contributed by atoms with Gasteiger partial charge in [-0.25, -0.2) is 9.67 Å². The summed E-state index contributed by atoms with van der Waals surface area (Å²) in [6, 6.07) is 7.23. The molecule has 0 spiro atoms. The number of aromatic nitrogens is 3. The van der Waals surface area contributed by atoms with Crippen LogP contribution in [0.4, 0.5) is 18.9 Å². The van der Waals surface area contributed by atoms with Gasteiger partial charge in [0.15, 0.2) is 11.3 Å². The molecule has 0 radical (unpaired) electrons. The van der Waals surface area contributed by atoms with Crippen LogP contribution in [0.1, 0.15) is 35.6 Å². The van der Waals surface area contributed by atoms with E-state index in [0.29, 0.717) is 24.5 Å². The number of hydrogen-bond acceptors (Lipinski definition) is 5. The van der Waals surface area contributed by atoms with Crippen LogP contribution >= 0.6 is 0 Å². The Bertz CT molecular complexity index is 1080. The first kappa shape index (κ1) is 20.1. The molecule has 0 unspecified atom stereocenters. The fourth-order valence-corrected chi connectivity index (χ4v) is 4.27. The van der Waals surface area contributed by atoms with Gasteiger partial charge in [-0.05, 0) is 42.0 Å². The Kier molecular flexibility index (Phi) is 5.00. The van der Waals surface area contributed by atoms with Crippen molar-refractivity contribution in [3.05, 3.63) is 47.3 Å². The second kappa shape index (κ2) is 7.71. The van der Waals surface area contributed by atoms with E-state index >= 15 is 0 Å². The van der Waals surface area contributed by atoms with Gasteiger partial charge in [0.05, 0.1) is 24.7 Å². The van der Waals surface area contributed by atoms with Gasteiger partial charge in [0.25, 0.3) is 0 Å². The van der Waals surface area contributed by atoms with Crippen molar-refractivity contribution in [1.82, 2.24) is 20.1 Å². The number of alkyl halides is 3. The van der Waals surface area contributed by atoms with E-state index < -0.39 is 11.9 Å². The number of pyridine rings is 1. The Morgan fingerprint density at radius 3 is 2.45 bits per heavy atom. The van der Waals surface area contributed by atoms with E-state index in [0.717, 1.165) is 37.1 Å². The van der Waals surface area contributed by atoms with E-state index in [2.05, 4.69) is 20.3 Å². The number of rotatable bonds is 5. The third-order valence-corrected chi connectivity index (χ3v) is 5.97. The van der Waals surface area contributed by atoms with Gasteiger partial charge in [0.1, 0.15) is 5.75 Å². The van der Waals surface area contributed by atoms with Crippen LogP contribution in [0, 0.1) is 0 Å². The lowest BCUT2D eigenvalue weighted by atomic mass is 10.0. The van der Waals surface area contributed by atoms with Crippen molar-refractivity contribution in [3.63, 3.8) is 0 Å². The topological polar surface area (TPSA) is 55.2 Å². The maximum absolute atomic E-state index is 14.1. The van der Waals surface area contributed by atoms with Crippen LogP contribution in [0.3, 0.4) is 0 Å². The zero-order valence-corrected chi connectivity index (χ0v) is 17.2. The van der Waals surface area contributed by atoms with Gasteiger partial charge in [-0.3, -0.25) is 0 Å². The van der Waals surface area contributed by atoms with Gasteiger partial charge >= 0.3 is 6.18 Å². The van der Waals surface area contributed by atoms with E-state index in [9.17, 15) is 13.2 Å². The molecule has 1 N–H and O–H groups in total. The highest BCUT2D eigenvalue weighted by atomic mass is 19.4. The van der Waals surface area contributed by atoms with Crippen molar-refractivity contribution in [1.29, 1.82) is 0 Å². The fourth-order valence-electron chi connectivity index (χ4n) is 4.27. The first-order valence-electron chi connectivity index (χ1n) is 10.5. The van der Waals surface area contributed by atoms with Gasteiger partial charge in [0, 0.05) is 32.4 Å². The number of hydrogen-bond donors (Lipinski definition) is 1. The fraction of sp³-hybridized carbons (Fsp3) is 0.455. The molecule has 0 atom stereocenters. The van der Waals surface area contributed by atoms with Crippen LogP contribution in [0.15, 0.2) is 30.5 Å². The summed E-state index contributed by atoms with van der Waals surface area (Å²) in [5, 5.41) is 7.44. The van der Waals surface area contributed by atoms with Crippen molar-refractivity contribution in [3.8, 4) is 5.75 Å². The Labute approximate surface area is 178 Å². The summed E-state index contributed by atoms with van der Waals surface area (Å²) in [4.78, 5) is 6.57. The molecular formula is C22H24F3N5O. The number of anilines is 1. The van der Waals surface area contributed by atoms with Crippen LogP contribution in [0.5, 0.6) is 5.75 Å². The molecule has 1 saturated carbocycles. The van der Waals surface area contributed by atoms with Crippen LogP contribution < -0.4 is 15.0 Å². The predicted molar refractivity (Wildman–Crippen MR) is 112 cm³/mol. The molecule has 1 aliphatic carbocycles. The third kappa shape index (κ3) is 3.82. The maximum Gasteiger partial charge on any atom is 0.435 e. The lowest BCUT2D eigenvalue weighted by molar-refractivity contribution is -0.140. The van der Waals surface area contributed by atoms with Crippen LogP contribution in [-0.2, 0) is 12.7 Å². The maximum atomic E-state index is 14.1. The highest BCUT2D eigenvalue weighted by Crippen LogP contribution is 2.48. The summed E-state index contributed by atoms with van der Waals surface area (Å²) in [7, 11) is 1.57. The molecule has 3 heterocycles. The predicted octanol–water partition coefficient (Wildman–Crippen LogP) is 3.79. The lowest BCUT2D eigenvalue weighted by Gasteiger charge is -2.32. The van der Waals surface area contributed by atoms with Gasteiger partial charge in [0.2, 0.25) is 0 Å². The zero-order valence-electron chi connectivity index (χ0n) is 17.2. The Hall–Kier alpha value is -2.81. The number of ether oxygens (including phenoxy) is 1. The van der Waals surface area contributed by atoms with E-state index in [1.807, 2.05) is 12.1 Å². The summed E-state index contributed by atoms with van der Waals surface area (Å²) < 4.78 is 48.9. The average Bonchev–Trinajstić information content (AvgIpc) is 3.55. The molecule has 2 aliphatic rings. The smallest absolute Gasteiger partial charge is 0.435 e. The minimum absolute atomic E-state index is 0.132. The standard InChI is InChI=1S/C22H24F3N5O/c1-31-16-6-2-14(3-7-16)13-30-21-18(20(28-30)22(23,24)25)19(29-10-8-26-9-11-29)17(12-27-21)15-4-5-15/h2-3,6-7,12,15,26H,4-5,8-11,13H2,1H3. The van der Waals surface area contributed by atoms with Gasteiger partial charge < -0.3 is 15.0 Å². The number of piperazine rings is 1. The summed E-state index contributed by atoms with van der Waals surface area (Å²) in [6.07, 6.45) is -0.805. The molecule has 31 heavy (non-hydrogen) atoms. The Balaban J connectivity index is 1.67. The molecule has 6 nitrogen and oxygen atoms in total. The van der Waals surface area contributed by atoms with E-state index in [1.54, 1.807) is 25.4 Å². The van der Waals surface area contributed by atoms with Crippen LogP contribution in [-0.4, -0.2) is 48.1 Å². The van der Waals surface area contributed by atoms with Gasteiger partial charge in [-0.2, -0.15) is 18.3 Å². The second-order valence-electron chi connectivity index (χ2n) is 8.12. The molecule has 2 fully saturated rings. The molecule has 1 aromatic carbocycles. The summed E-state index contributed by atoms with van der Waals surface area (Å²) in [5.74, 6) is 0.978. The molecule has 0 bridgehead atoms. The van der Waals surface area contributed by atoms with E-state index in [4.69, 9.17) is 4.74 Å². The van der Waals surface area contributed by atoms with Crippen molar-refractivity contribution in [2.24, 2.45) is 0 Å². The molecule has 2 aromatic heterocycles. The van der Waals surface area contributed by atoms with E-state index in [-0.39, 0.29) is 23.5 Å². The number of methoxy groups -OCH3 is 1. The third-order valence-electron chi connectivity index (χ3n) is 5.97. The Morgan fingerprint density at radius 2 is 1.84 bits per heavy atom. The van der Waals surface area contributed by atoms with Crippen molar-refractivity contribution in [2.75, 3.05) is 38.2 Å². The molecule has 5 rings (SSSR count). The van der Waals surface area contributed by atoms with Gasteiger partial charge in [-0.1, -0.05) is 12.1 Å².